The van der Waals surface area contributed by atoms with Gasteiger partial charge < -0.3 is 14.2 Å². The number of anilines is 6. The summed E-state index contributed by atoms with van der Waals surface area (Å²) in [7, 11) is 0. The highest BCUT2D eigenvalue weighted by Crippen LogP contribution is 2.56. The highest BCUT2D eigenvalue weighted by molar-refractivity contribution is 7.26. The Morgan fingerprint density at radius 3 is 1.00 bits per heavy atom. The Bertz CT molecular complexity index is 6510. The average Bonchev–Trinajstić information content (AvgIpc) is 0.736. The number of para-hydroxylation sites is 1. The van der Waals surface area contributed by atoms with Gasteiger partial charge in [-0.05, 0) is 185 Å². The van der Waals surface area contributed by atoms with E-state index in [1.807, 2.05) is 22.7 Å². The second kappa shape index (κ2) is 25.2. The number of hydrogen-bond acceptors (Lipinski definition) is 5. The zero-order valence-corrected chi connectivity index (χ0v) is 60.2. The second-order valence-electron chi connectivity index (χ2n) is 28.5. The summed E-state index contributed by atoms with van der Waals surface area (Å²) in [5, 5.41) is 7.26. The lowest BCUT2D eigenvalue weighted by Gasteiger charge is -2.46. The van der Waals surface area contributed by atoms with Gasteiger partial charge in [-0.25, -0.2) is 0 Å². The minimum atomic E-state index is -0.327. The predicted octanol–water partition coefficient (Wildman–Crippen LogP) is 27.4. The topological polar surface area (TPSA) is 19.6 Å². The summed E-state index contributed by atoms with van der Waals surface area (Å²) in [4.78, 5) is 5.40. The zero-order chi connectivity index (χ0) is 70.9. The van der Waals surface area contributed by atoms with Gasteiger partial charge in [0.2, 0.25) is 0 Å². The molecule has 2 aliphatic heterocycles. The molecule has 2 aliphatic rings. The van der Waals surface area contributed by atoms with Crippen LogP contribution in [0.3, 0.4) is 0 Å². The summed E-state index contributed by atoms with van der Waals surface area (Å²) in [6, 6.07) is 143. The first-order valence-corrected chi connectivity index (χ1v) is 38.7. The van der Waals surface area contributed by atoms with Crippen molar-refractivity contribution in [2.75, 3.05) is 9.80 Å². The van der Waals surface area contributed by atoms with Gasteiger partial charge in [0.1, 0.15) is 11.2 Å². The Hall–Kier alpha value is -13.4. The Labute approximate surface area is 634 Å². The van der Waals surface area contributed by atoms with Crippen molar-refractivity contribution in [2.45, 2.75) is 0 Å². The first-order chi connectivity index (χ1) is 53.6. The standard InChI is InChI=1S/C102H63BN2OS2/c1-7-27-64(28-8-1)73-56-81(66-31-11-3-12-32-66)101(82(57-73)67-33-13-4-14-34-67)104-88-52-49-71(76-42-25-47-96-98(76)79-40-20-23-45-94(79)107-96)60-86(88)103-87-61-72(77-43-26-48-97-99(77)80-41-21-24-46-95(80)108-97)50-53-89(87)105(91-63-75(62-90(104)100(91)103)70-51-54-93-85(55-70)78-39-19-22-44-92(78)106-93)102-83(68-35-15-5-16-36-68)58-74(65-29-9-2-10-30-65)59-84(102)69-37-17-6-18-38-69/h1-63H. The number of thiophene rings is 2. The van der Waals surface area contributed by atoms with Crippen molar-refractivity contribution in [2.24, 2.45) is 0 Å². The van der Waals surface area contributed by atoms with Crippen molar-refractivity contribution in [3.05, 3.63) is 382 Å². The molecule has 0 saturated heterocycles. The number of furan rings is 1. The lowest BCUT2D eigenvalue weighted by Crippen LogP contribution is -2.61. The third kappa shape index (κ3) is 10.0. The van der Waals surface area contributed by atoms with Crippen LogP contribution < -0.4 is 26.2 Å². The SMILES string of the molecule is c1ccc(-c2cc(-c3ccccc3)c(N3c4ccc(-c5cccc6sc7ccccc7c56)cc4B4c5cc(-c6cccc7sc8ccccc8c67)ccc5N(c5c(-c6ccccc6)cc(-c6ccccc6)cc5-c5ccccc5)c5cc(-c6ccc7oc8ccccc8c7c6)cc3c54)c(-c3ccccc3)c2)cc1. The third-order valence-electron chi connectivity index (χ3n) is 22.4. The van der Waals surface area contributed by atoms with E-state index >= 15 is 0 Å². The van der Waals surface area contributed by atoms with Crippen LogP contribution in [0, 0.1) is 0 Å². The molecule has 502 valence electrons. The van der Waals surface area contributed by atoms with E-state index < -0.39 is 0 Å². The molecule has 0 fully saturated rings. The number of hydrogen-bond donors (Lipinski definition) is 0. The van der Waals surface area contributed by atoms with Crippen molar-refractivity contribution in [1.82, 2.24) is 0 Å². The van der Waals surface area contributed by atoms with Gasteiger partial charge in [0.05, 0.1) is 11.4 Å². The molecule has 0 N–H and O–H groups in total. The van der Waals surface area contributed by atoms with Gasteiger partial charge in [-0.2, -0.15) is 0 Å². The van der Waals surface area contributed by atoms with E-state index in [4.69, 9.17) is 4.42 Å². The van der Waals surface area contributed by atoms with E-state index in [9.17, 15) is 0 Å². The summed E-state index contributed by atoms with van der Waals surface area (Å²) < 4.78 is 11.8. The van der Waals surface area contributed by atoms with Gasteiger partial charge >= 0.3 is 0 Å². The molecule has 108 heavy (non-hydrogen) atoms. The molecule has 0 bridgehead atoms. The molecule has 20 aromatic rings. The molecule has 0 saturated carbocycles. The number of benzene rings is 17. The number of fused-ring (bicyclic) bond motifs is 13. The minimum absolute atomic E-state index is 0.327. The zero-order valence-electron chi connectivity index (χ0n) is 58.6. The van der Waals surface area contributed by atoms with Crippen molar-refractivity contribution >= 4 is 142 Å². The maximum atomic E-state index is 6.68. The first-order valence-electron chi connectivity index (χ1n) is 37.0. The largest absolute Gasteiger partial charge is 0.456 e. The highest BCUT2D eigenvalue weighted by Gasteiger charge is 2.46. The summed E-state index contributed by atoms with van der Waals surface area (Å²) in [5.74, 6) is 0. The molecule has 0 aliphatic carbocycles. The van der Waals surface area contributed by atoms with Gasteiger partial charge in [0.25, 0.3) is 6.71 Å². The molecule has 17 aromatic carbocycles. The lowest BCUT2D eigenvalue weighted by atomic mass is 9.33. The molecule has 0 amide bonds. The molecule has 6 heteroatoms. The third-order valence-corrected chi connectivity index (χ3v) is 24.7. The molecule has 0 spiro atoms. The van der Waals surface area contributed by atoms with E-state index in [-0.39, 0.29) is 6.71 Å². The van der Waals surface area contributed by atoms with Crippen molar-refractivity contribution < 1.29 is 4.42 Å². The Morgan fingerprint density at radius 1 is 0.213 bits per heavy atom. The summed E-state index contributed by atoms with van der Waals surface area (Å²) in [6.07, 6.45) is 0. The molecule has 3 aromatic heterocycles. The molecular formula is C102H63BN2OS2. The van der Waals surface area contributed by atoms with Crippen LogP contribution in [0.2, 0.25) is 0 Å². The molecule has 0 unspecified atom stereocenters. The van der Waals surface area contributed by atoms with Crippen LogP contribution in [-0.2, 0) is 0 Å². The smallest absolute Gasteiger partial charge is 0.252 e. The summed E-state index contributed by atoms with van der Waals surface area (Å²) >= 11 is 3.75. The van der Waals surface area contributed by atoms with Crippen LogP contribution in [0.25, 0.3) is 162 Å². The van der Waals surface area contributed by atoms with Gasteiger partial charge in [-0.3, -0.25) is 0 Å². The molecule has 3 nitrogen and oxygen atoms in total. The van der Waals surface area contributed by atoms with Gasteiger partial charge in [0.15, 0.2) is 0 Å². The summed E-state index contributed by atoms with van der Waals surface area (Å²) in [5.41, 5.74) is 32.3. The molecule has 5 heterocycles. The monoisotopic (exact) mass is 1410 g/mol. The van der Waals surface area contributed by atoms with Crippen LogP contribution in [-0.4, -0.2) is 6.71 Å². The fraction of sp³-hybridized carbons (Fsp3) is 0. The summed E-state index contributed by atoms with van der Waals surface area (Å²) in [6.45, 7) is -0.327. The van der Waals surface area contributed by atoms with E-state index in [1.54, 1.807) is 0 Å². The molecule has 0 atom stereocenters. The van der Waals surface area contributed by atoms with Gasteiger partial charge in [0, 0.05) is 96.1 Å². The van der Waals surface area contributed by atoms with E-state index in [0.29, 0.717) is 0 Å². The van der Waals surface area contributed by atoms with Crippen molar-refractivity contribution in [1.29, 1.82) is 0 Å². The van der Waals surface area contributed by atoms with Crippen LogP contribution in [0.1, 0.15) is 0 Å². The van der Waals surface area contributed by atoms with Crippen molar-refractivity contribution in [3.8, 4) is 100 Å². The number of nitrogens with zero attached hydrogens (tertiary/aromatic N) is 2. The normalized spacial score (nSPS) is 12.4. The van der Waals surface area contributed by atoms with Crippen LogP contribution in [0.5, 0.6) is 0 Å². The van der Waals surface area contributed by atoms with Crippen LogP contribution in [0.15, 0.2) is 387 Å². The van der Waals surface area contributed by atoms with Gasteiger partial charge in [-0.1, -0.05) is 291 Å². The average molecular weight is 1410 g/mol. The maximum absolute atomic E-state index is 6.68. The Kier molecular flexibility index (Phi) is 14.5. The molecular weight excluding hydrogens is 1340 g/mol. The van der Waals surface area contributed by atoms with E-state index in [2.05, 4.69) is 392 Å². The van der Waals surface area contributed by atoms with Crippen LogP contribution in [0.4, 0.5) is 34.1 Å². The predicted molar refractivity (Wildman–Crippen MR) is 462 cm³/mol. The van der Waals surface area contributed by atoms with Gasteiger partial charge in [-0.15, -0.1) is 22.7 Å². The lowest BCUT2D eigenvalue weighted by molar-refractivity contribution is 0.669. The Morgan fingerprint density at radius 2 is 0.565 bits per heavy atom. The maximum Gasteiger partial charge on any atom is 0.252 e. The fourth-order valence-corrected chi connectivity index (χ4v) is 19.9. The Balaban J connectivity index is 0.935. The van der Waals surface area contributed by atoms with Crippen LogP contribution >= 0.6 is 22.7 Å². The quantitative estimate of drug-likeness (QED) is 0.120. The van der Waals surface area contributed by atoms with E-state index in [1.165, 1.54) is 79.0 Å². The fourth-order valence-electron chi connectivity index (χ4n) is 17.6. The molecule has 0 radical (unpaired) electrons. The van der Waals surface area contributed by atoms with E-state index in [0.717, 1.165) is 134 Å². The number of rotatable bonds is 11. The molecule has 22 rings (SSSR count). The second-order valence-corrected chi connectivity index (χ2v) is 30.6. The highest BCUT2D eigenvalue weighted by atomic mass is 32.1. The van der Waals surface area contributed by atoms with Crippen molar-refractivity contribution in [3.63, 3.8) is 0 Å². The first kappa shape index (κ1) is 62.1. The minimum Gasteiger partial charge on any atom is -0.456 e.